The van der Waals surface area contributed by atoms with Crippen LogP contribution in [0.5, 0.6) is 5.75 Å². The van der Waals surface area contributed by atoms with E-state index in [1.165, 1.54) is 14.2 Å². The summed E-state index contributed by atoms with van der Waals surface area (Å²) in [4.78, 5) is 11.6. The van der Waals surface area contributed by atoms with Crippen LogP contribution in [0, 0.1) is 3.70 Å². The average molecular weight is 346 g/mol. The summed E-state index contributed by atoms with van der Waals surface area (Å²) in [5, 5.41) is 5.13. The third kappa shape index (κ3) is 1.86. The predicted molar refractivity (Wildman–Crippen MR) is 71.3 cm³/mol. The van der Waals surface area contributed by atoms with Gasteiger partial charge in [-0.25, -0.2) is 4.79 Å². The molecular weight excluding hydrogens is 335 g/mol. The van der Waals surface area contributed by atoms with Gasteiger partial charge in [0, 0.05) is 7.05 Å². The molecule has 2 aromatic rings. The fourth-order valence-corrected chi connectivity index (χ4v) is 2.60. The van der Waals surface area contributed by atoms with Crippen molar-refractivity contribution < 1.29 is 14.3 Å². The molecule has 0 aliphatic carbocycles. The highest BCUT2D eigenvalue weighted by Gasteiger charge is 2.19. The number of halogens is 1. The van der Waals surface area contributed by atoms with Crippen molar-refractivity contribution in [3.05, 3.63) is 21.4 Å². The first-order valence-corrected chi connectivity index (χ1v) is 5.95. The van der Waals surface area contributed by atoms with Crippen LogP contribution in [-0.4, -0.2) is 30.0 Å². The molecule has 0 spiro atoms. The van der Waals surface area contributed by atoms with Gasteiger partial charge in [0.1, 0.15) is 15.0 Å². The highest BCUT2D eigenvalue weighted by Crippen LogP contribution is 2.33. The lowest BCUT2D eigenvalue weighted by Crippen LogP contribution is -2.04. The van der Waals surface area contributed by atoms with Crippen molar-refractivity contribution >= 4 is 39.5 Å². The molecule has 5 nitrogen and oxygen atoms in total. The Hall–Kier alpha value is -1.31. The van der Waals surface area contributed by atoms with E-state index in [1.807, 2.05) is 13.1 Å². The number of methoxy groups -OCH3 is 2. The molecule has 0 aliphatic heterocycles. The van der Waals surface area contributed by atoms with Crippen LogP contribution in [-0.2, 0) is 11.8 Å². The van der Waals surface area contributed by atoms with Gasteiger partial charge in [-0.15, -0.1) is 0 Å². The van der Waals surface area contributed by atoms with Crippen LogP contribution in [0.2, 0.25) is 0 Å². The van der Waals surface area contributed by atoms with Crippen molar-refractivity contribution in [3.63, 3.8) is 0 Å². The van der Waals surface area contributed by atoms with Crippen LogP contribution in [0.25, 0.3) is 10.9 Å². The van der Waals surface area contributed by atoms with Gasteiger partial charge in [0.25, 0.3) is 0 Å². The number of carbonyl (C=O) groups is 1. The normalized spacial score (nSPS) is 10.6. The van der Waals surface area contributed by atoms with E-state index in [0.717, 1.165) is 14.6 Å². The number of esters is 1. The number of hydrogen-bond acceptors (Lipinski definition) is 4. The summed E-state index contributed by atoms with van der Waals surface area (Å²) >= 11 is 2.12. The molecule has 0 radical (unpaired) electrons. The van der Waals surface area contributed by atoms with Crippen LogP contribution in [0.4, 0.5) is 0 Å². The maximum absolute atomic E-state index is 11.6. The number of aryl methyl sites for hydroxylation is 1. The van der Waals surface area contributed by atoms with Crippen molar-refractivity contribution in [1.29, 1.82) is 0 Å². The molecular formula is C11H11IN2O3. The summed E-state index contributed by atoms with van der Waals surface area (Å²) in [5.74, 6) is 0.0928. The molecule has 0 atom stereocenters. The quantitative estimate of drug-likeness (QED) is 0.616. The van der Waals surface area contributed by atoms with Crippen molar-refractivity contribution in [2.24, 2.45) is 7.05 Å². The van der Waals surface area contributed by atoms with Crippen LogP contribution >= 0.6 is 22.6 Å². The molecule has 1 aromatic heterocycles. The summed E-state index contributed by atoms with van der Waals surface area (Å²) in [6.07, 6.45) is 0. The number of ether oxygens (including phenoxy) is 2. The fourth-order valence-electron chi connectivity index (χ4n) is 1.76. The minimum atomic E-state index is -0.414. The zero-order valence-corrected chi connectivity index (χ0v) is 11.8. The molecule has 0 unspecified atom stereocenters. The summed E-state index contributed by atoms with van der Waals surface area (Å²) in [6, 6.07) is 3.52. The number of nitrogens with zero attached hydrogens (tertiary/aromatic N) is 2. The molecule has 6 heteroatoms. The molecule has 1 aromatic carbocycles. The van der Waals surface area contributed by atoms with E-state index in [9.17, 15) is 4.79 Å². The van der Waals surface area contributed by atoms with E-state index < -0.39 is 5.97 Å². The van der Waals surface area contributed by atoms with Crippen molar-refractivity contribution in [2.45, 2.75) is 0 Å². The molecule has 0 saturated carbocycles. The van der Waals surface area contributed by atoms with Gasteiger partial charge in [-0.3, -0.25) is 4.68 Å². The Bertz CT molecular complexity index is 592. The smallest absolute Gasteiger partial charge is 0.341 e. The first-order valence-electron chi connectivity index (χ1n) is 4.87. The van der Waals surface area contributed by atoms with E-state index in [1.54, 1.807) is 10.7 Å². The Kier molecular flexibility index (Phi) is 3.23. The number of rotatable bonds is 2. The molecule has 0 amide bonds. The van der Waals surface area contributed by atoms with Crippen LogP contribution in [0.15, 0.2) is 12.1 Å². The highest BCUT2D eigenvalue weighted by molar-refractivity contribution is 14.1. The lowest BCUT2D eigenvalue weighted by Gasteiger charge is -2.08. The Labute approximate surface area is 112 Å². The average Bonchev–Trinajstić information content (AvgIpc) is 2.63. The second kappa shape index (κ2) is 4.52. The lowest BCUT2D eigenvalue weighted by atomic mass is 10.1. The summed E-state index contributed by atoms with van der Waals surface area (Å²) in [5.41, 5.74) is 1.33. The van der Waals surface area contributed by atoms with Gasteiger partial charge in [0.2, 0.25) is 0 Å². The summed E-state index contributed by atoms with van der Waals surface area (Å²) in [6.45, 7) is 0. The number of carbonyl (C=O) groups excluding carboxylic acids is 1. The zero-order chi connectivity index (χ0) is 12.6. The number of benzene rings is 1. The van der Waals surface area contributed by atoms with E-state index in [-0.39, 0.29) is 0 Å². The minimum absolute atomic E-state index is 0.411. The van der Waals surface area contributed by atoms with Gasteiger partial charge in [-0.2, -0.15) is 5.10 Å². The Morgan fingerprint density at radius 1 is 1.41 bits per heavy atom. The monoisotopic (exact) mass is 346 g/mol. The largest absolute Gasteiger partial charge is 0.495 e. The van der Waals surface area contributed by atoms with E-state index in [4.69, 9.17) is 9.47 Å². The number of fused-ring (bicyclic) bond motifs is 1. The maximum atomic E-state index is 11.6. The first-order chi connectivity index (χ1) is 8.10. The SMILES string of the molecule is COC(=O)c1ccc2c(c(I)nn2C)c1OC. The zero-order valence-electron chi connectivity index (χ0n) is 9.65. The van der Waals surface area contributed by atoms with Crippen LogP contribution in [0.1, 0.15) is 10.4 Å². The van der Waals surface area contributed by atoms with Crippen LogP contribution < -0.4 is 4.74 Å². The van der Waals surface area contributed by atoms with E-state index >= 15 is 0 Å². The highest BCUT2D eigenvalue weighted by atomic mass is 127. The molecule has 17 heavy (non-hydrogen) atoms. The van der Waals surface area contributed by atoms with Crippen molar-refractivity contribution in [3.8, 4) is 5.75 Å². The van der Waals surface area contributed by atoms with E-state index in [2.05, 4.69) is 27.7 Å². The summed E-state index contributed by atoms with van der Waals surface area (Å²) < 4.78 is 12.6. The van der Waals surface area contributed by atoms with Gasteiger partial charge < -0.3 is 9.47 Å². The number of aromatic nitrogens is 2. The van der Waals surface area contributed by atoms with Gasteiger partial charge in [0.05, 0.1) is 25.1 Å². The molecule has 0 saturated heterocycles. The molecule has 0 aliphatic rings. The van der Waals surface area contributed by atoms with Gasteiger partial charge in [-0.05, 0) is 34.7 Å². The molecule has 0 bridgehead atoms. The lowest BCUT2D eigenvalue weighted by molar-refractivity contribution is 0.0597. The van der Waals surface area contributed by atoms with Crippen LogP contribution in [0.3, 0.4) is 0 Å². The summed E-state index contributed by atoms with van der Waals surface area (Å²) in [7, 11) is 4.73. The van der Waals surface area contributed by atoms with Crippen molar-refractivity contribution in [2.75, 3.05) is 14.2 Å². The topological polar surface area (TPSA) is 53.3 Å². The van der Waals surface area contributed by atoms with Crippen molar-refractivity contribution in [1.82, 2.24) is 9.78 Å². The fraction of sp³-hybridized carbons (Fsp3) is 0.273. The third-order valence-corrected chi connectivity index (χ3v) is 3.29. The molecule has 90 valence electrons. The maximum Gasteiger partial charge on any atom is 0.341 e. The predicted octanol–water partition coefficient (Wildman–Crippen LogP) is 1.97. The molecule has 1 heterocycles. The number of hydrogen-bond donors (Lipinski definition) is 0. The second-order valence-electron chi connectivity index (χ2n) is 3.45. The van der Waals surface area contributed by atoms with Gasteiger partial charge in [0.15, 0.2) is 0 Å². The van der Waals surface area contributed by atoms with Gasteiger partial charge >= 0.3 is 5.97 Å². The Balaban J connectivity index is 2.81. The van der Waals surface area contributed by atoms with E-state index in [0.29, 0.717) is 11.3 Å². The van der Waals surface area contributed by atoms with Gasteiger partial charge in [-0.1, -0.05) is 0 Å². The molecule has 0 N–H and O–H groups in total. The Morgan fingerprint density at radius 2 is 2.12 bits per heavy atom. The second-order valence-corrected chi connectivity index (χ2v) is 4.47. The molecule has 0 fully saturated rings. The standard InChI is InChI=1S/C11H11IN2O3/c1-14-7-5-4-6(11(15)17-3)9(16-2)8(7)10(12)13-14/h4-5H,1-3H3. The Morgan fingerprint density at radius 3 is 2.71 bits per heavy atom. The minimum Gasteiger partial charge on any atom is -0.495 e. The first kappa shape index (κ1) is 12.2. The third-order valence-electron chi connectivity index (χ3n) is 2.54. The molecule has 2 rings (SSSR count).